The van der Waals surface area contributed by atoms with E-state index in [2.05, 4.69) is 44.0 Å². The van der Waals surface area contributed by atoms with Gasteiger partial charge in [0.05, 0.1) is 16.7 Å². The second kappa shape index (κ2) is 9.86. The summed E-state index contributed by atoms with van der Waals surface area (Å²) in [5.41, 5.74) is 1.19. The first-order valence-corrected chi connectivity index (χ1v) is 11.0. The average molecular weight is 416 g/mol. The highest BCUT2D eigenvalue weighted by atomic mass is 32.2. The van der Waals surface area contributed by atoms with E-state index in [1.54, 1.807) is 11.3 Å². The smallest absolute Gasteiger partial charge is 0.230 e. The fourth-order valence-corrected chi connectivity index (χ4v) is 4.48. The summed E-state index contributed by atoms with van der Waals surface area (Å²) in [5.74, 6) is 1.17. The van der Waals surface area contributed by atoms with Gasteiger partial charge in [0.2, 0.25) is 5.91 Å². The van der Waals surface area contributed by atoms with Gasteiger partial charge in [-0.15, -0.1) is 21.5 Å². The molecule has 1 aromatic carbocycles. The lowest BCUT2D eigenvalue weighted by molar-refractivity contribution is -0.118. The molecule has 1 N–H and O–H groups in total. The Bertz CT molecular complexity index is 877. The maximum atomic E-state index is 12.4. The highest BCUT2D eigenvalue weighted by Crippen LogP contribution is 2.27. The van der Waals surface area contributed by atoms with Crippen molar-refractivity contribution in [1.82, 2.24) is 25.0 Å². The molecule has 0 aliphatic heterocycles. The first-order valence-electron chi connectivity index (χ1n) is 9.18. The molecule has 0 fully saturated rings. The van der Waals surface area contributed by atoms with Crippen LogP contribution in [0.25, 0.3) is 10.7 Å². The normalized spacial score (nSPS) is 12.3. The van der Waals surface area contributed by atoms with Crippen LogP contribution in [0.3, 0.4) is 0 Å². The van der Waals surface area contributed by atoms with E-state index in [0.717, 1.165) is 22.4 Å². The number of hydrogen-bond donors (Lipinski definition) is 1. The van der Waals surface area contributed by atoms with Gasteiger partial charge in [0, 0.05) is 13.1 Å². The van der Waals surface area contributed by atoms with Crippen LogP contribution in [0.4, 0.5) is 0 Å². The van der Waals surface area contributed by atoms with Crippen molar-refractivity contribution in [3.63, 3.8) is 0 Å². The zero-order chi connectivity index (χ0) is 19.9. The molecule has 3 rings (SSSR count). The maximum Gasteiger partial charge on any atom is 0.230 e. The van der Waals surface area contributed by atoms with Gasteiger partial charge >= 0.3 is 0 Å². The van der Waals surface area contributed by atoms with Crippen LogP contribution in [0.5, 0.6) is 0 Å². The second-order valence-corrected chi connectivity index (χ2v) is 8.40. The quantitative estimate of drug-likeness (QED) is 0.542. The van der Waals surface area contributed by atoms with Gasteiger partial charge in [-0.1, -0.05) is 48.2 Å². The number of thioether (sulfide) groups is 1. The van der Waals surface area contributed by atoms with Crippen LogP contribution in [0.15, 0.2) is 53.0 Å². The lowest BCUT2D eigenvalue weighted by atomic mass is 10.1. The zero-order valence-electron chi connectivity index (χ0n) is 16.3. The number of benzene rings is 1. The van der Waals surface area contributed by atoms with Crippen molar-refractivity contribution in [2.75, 3.05) is 26.4 Å². The molecule has 0 radical (unpaired) electrons. The Labute approximate surface area is 174 Å². The van der Waals surface area contributed by atoms with E-state index in [1.807, 2.05) is 49.8 Å². The Morgan fingerprint density at radius 3 is 2.64 bits per heavy atom. The van der Waals surface area contributed by atoms with E-state index in [1.165, 1.54) is 17.3 Å². The van der Waals surface area contributed by atoms with E-state index in [4.69, 9.17) is 0 Å². The summed E-state index contributed by atoms with van der Waals surface area (Å²) in [5, 5.41) is 14.4. The molecule has 0 spiro atoms. The minimum atomic E-state index is -0.00360. The Hall–Kier alpha value is -2.16. The maximum absolute atomic E-state index is 12.4. The number of aromatic nitrogens is 3. The molecule has 0 aliphatic carbocycles. The number of rotatable bonds is 9. The van der Waals surface area contributed by atoms with E-state index in [9.17, 15) is 4.79 Å². The summed E-state index contributed by atoms with van der Waals surface area (Å²) < 4.78 is 2.05. The molecule has 6 nitrogen and oxygen atoms in total. The number of carbonyl (C=O) groups excluding carboxylic acids is 1. The van der Waals surface area contributed by atoms with Crippen LogP contribution in [0.1, 0.15) is 18.5 Å². The van der Waals surface area contributed by atoms with E-state index in [0.29, 0.717) is 12.3 Å². The van der Waals surface area contributed by atoms with Gasteiger partial charge in [-0.2, -0.15) is 0 Å². The van der Waals surface area contributed by atoms with Gasteiger partial charge < -0.3 is 14.8 Å². The third-order valence-electron chi connectivity index (χ3n) is 4.41. The minimum Gasteiger partial charge on any atom is -0.353 e. The molecule has 3 aromatic rings. The van der Waals surface area contributed by atoms with Gasteiger partial charge in [0.15, 0.2) is 11.0 Å². The van der Waals surface area contributed by atoms with Crippen molar-refractivity contribution in [1.29, 1.82) is 0 Å². The van der Waals surface area contributed by atoms with Gasteiger partial charge in [0.1, 0.15) is 0 Å². The molecule has 148 valence electrons. The number of nitrogens with zero attached hydrogens (tertiary/aromatic N) is 4. The summed E-state index contributed by atoms with van der Waals surface area (Å²) in [6, 6.07) is 14.4. The molecule has 2 heterocycles. The highest BCUT2D eigenvalue weighted by molar-refractivity contribution is 7.99. The predicted octanol–water partition coefficient (Wildman–Crippen LogP) is 3.54. The molecular weight excluding hydrogens is 390 g/mol. The molecule has 0 aliphatic rings. The van der Waals surface area contributed by atoms with Gasteiger partial charge in [-0.05, 0) is 38.0 Å². The van der Waals surface area contributed by atoms with Crippen LogP contribution in [-0.4, -0.2) is 52.0 Å². The van der Waals surface area contributed by atoms with E-state index >= 15 is 0 Å². The fourth-order valence-electron chi connectivity index (χ4n) is 2.93. The monoisotopic (exact) mass is 415 g/mol. The van der Waals surface area contributed by atoms with Crippen LogP contribution in [-0.2, 0) is 11.3 Å². The molecule has 2 aromatic heterocycles. The first-order chi connectivity index (χ1) is 13.6. The summed E-state index contributed by atoms with van der Waals surface area (Å²) in [6.07, 6.45) is 0. The summed E-state index contributed by atoms with van der Waals surface area (Å²) in [7, 11) is 4.04. The van der Waals surface area contributed by atoms with Crippen molar-refractivity contribution < 1.29 is 4.79 Å². The van der Waals surface area contributed by atoms with Crippen LogP contribution < -0.4 is 5.32 Å². The van der Waals surface area contributed by atoms with Crippen molar-refractivity contribution in [3.05, 3.63) is 53.4 Å². The lowest BCUT2D eigenvalue weighted by Crippen LogP contribution is -2.35. The number of carbonyl (C=O) groups is 1. The Morgan fingerprint density at radius 1 is 1.21 bits per heavy atom. The SMILES string of the molecule is CCn1c(SCC(=O)NC[C@H](c2ccccc2)N(C)C)nnc1-c1cccs1. The lowest BCUT2D eigenvalue weighted by Gasteiger charge is -2.25. The summed E-state index contributed by atoms with van der Waals surface area (Å²) in [6.45, 7) is 3.39. The number of amides is 1. The second-order valence-electron chi connectivity index (χ2n) is 6.51. The number of thiophene rings is 1. The third kappa shape index (κ3) is 5.01. The van der Waals surface area contributed by atoms with E-state index in [-0.39, 0.29) is 11.9 Å². The molecule has 0 bridgehead atoms. The molecule has 28 heavy (non-hydrogen) atoms. The topological polar surface area (TPSA) is 63.1 Å². The number of likely N-dealkylation sites (N-methyl/N-ethyl adjacent to an activating group) is 1. The Kier molecular flexibility index (Phi) is 7.24. The fraction of sp³-hybridized carbons (Fsp3) is 0.350. The largest absolute Gasteiger partial charge is 0.353 e. The number of nitrogens with one attached hydrogen (secondary N) is 1. The van der Waals surface area contributed by atoms with Crippen molar-refractivity contribution in [3.8, 4) is 10.7 Å². The minimum absolute atomic E-state index is 0.00360. The van der Waals surface area contributed by atoms with Gasteiger partial charge in [-0.3, -0.25) is 4.79 Å². The molecule has 1 atom stereocenters. The van der Waals surface area contributed by atoms with Gasteiger partial charge in [-0.25, -0.2) is 0 Å². The summed E-state index contributed by atoms with van der Waals surface area (Å²) in [4.78, 5) is 15.6. The van der Waals surface area contributed by atoms with Crippen LogP contribution in [0.2, 0.25) is 0 Å². The standard InChI is InChI=1S/C20H25N5OS2/c1-4-25-19(17-11-8-12-27-17)22-23-20(25)28-14-18(26)21-13-16(24(2)3)15-9-6-5-7-10-15/h5-12,16H,4,13-14H2,1-3H3,(H,21,26)/t16-/m1/s1. The zero-order valence-corrected chi connectivity index (χ0v) is 18.0. The van der Waals surface area contributed by atoms with Crippen molar-refractivity contribution in [2.24, 2.45) is 0 Å². The average Bonchev–Trinajstić information content (AvgIpc) is 3.36. The van der Waals surface area contributed by atoms with Crippen molar-refractivity contribution in [2.45, 2.75) is 24.7 Å². The molecule has 8 heteroatoms. The predicted molar refractivity (Wildman–Crippen MR) is 116 cm³/mol. The summed E-state index contributed by atoms with van der Waals surface area (Å²) >= 11 is 3.06. The molecular formula is C20H25N5OS2. The molecule has 0 unspecified atom stereocenters. The first kappa shape index (κ1) is 20.6. The highest BCUT2D eigenvalue weighted by Gasteiger charge is 2.17. The van der Waals surface area contributed by atoms with Gasteiger partial charge in [0.25, 0.3) is 0 Å². The Balaban J connectivity index is 1.57. The van der Waals surface area contributed by atoms with Crippen LogP contribution in [0, 0.1) is 0 Å². The Morgan fingerprint density at radius 2 is 2.00 bits per heavy atom. The molecule has 1 amide bonds. The van der Waals surface area contributed by atoms with Crippen molar-refractivity contribution >= 4 is 29.0 Å². The van der Waals surface area contributed by atoms with E-state index < -0.39 is 0 Å². The third-order valence-corrected chi connectivity index (χ3v) is 6.24. The van der Waals surface area contributed by atoms with Crippen LogP contribution >= 0.6 is 23.1 Å². The molecule has 0 saturated heterocycles. The molecule has 0 saturated carbocycles. The number of hydrogen-bond acceptors (Lipinski definition) is 6.